The molecule has 1 saturated heterocycles. The maximum Gasteiger partial charge on any atom is 0.324 e. The summed E-state index contributed by atoms with van der Waals surface area (Å²) in [4.78, 5) is 39.2. The summed E-state index contributed by atoms with van der Waals surface area (Å²) in [6, 6.07) is 14.7. The average molecular weight is 466 g/mol. The number of halogens is 2. The number of carbonyl (C=O) groups is 2. The first kappa shape index (κ1) is 22.8. The van der Waals surface area contributed by atoms with Gasteiger partial charge in [0.1, 0.15) is 11.6 Å². The SMILES string of the molecule is O=C(Nc1ccccc1N1CCCN(Cc2cc(F)cc(F)c2)C1=O)c1ccc([N+](=O)[O-])cc1. The first-order valence-corrected chi connectivity index (χ1v) is 10.5. The van der Waals surface area contributed by atoms with Crippen LogP contribution in [-0.4, -0.2) is 34.9 Å². The van der Waals surface area contributed by atoms with E-state index >= 15 is 0 Å². The molecule has 3 aromatic carbocycles. The van der Waals surface area contributed by atoms with Crippen LogP contribution in [0, 0.1) is 21.7 Å². The number of hydrogen-bond donors (Lipinski definition) is 1. The number of rotatable bonds is 6. The van der Waals surface area contributed by atoms with Gasteiger partial charge < -0.3 is 10.2 Å². The van der Waals surface area contributed by atoms with Crippen LogP contribution in [0.1, 0.15) is 22.3 Å². The average Bonchev–Trinajstić information content (AvgIpc) is 2.80. The molecule has 3 amide bonds. The smallest absolute Gasteiger partial charge is 0.320 e. The molecule has 0 unspecified atom stereocenters. The van der Waals surface area contributed by atoms with Gasteiger partial charge in [-0.25, -0.2) is 13.6 Å². The number of nitrogens with one attached hydrogen (secondary N) is 1. The Balaban J connectivity index is 1.53. The number of nitro benzene ring substituents is 1. The predicted octanol–water partition coefficient (Wildman–Crippen LogP) is 4.96. The van der Waals surface area contributed by atoms with Gasteiger partial charge in [-0.1, -0.05) is 12.1 Å². The highest BCUT2D eigenvalue weighted by Crippen LogP contribution is 2.30. The first-order chi connectivity index (χ1) is 16.3. The van der Waals surface area contributed by atoms with E-state index in [1.807, 2.05) is 0 Å². The van der Waals surface area contributed by atoms with Gasteiger partial charge in [0.05, 0.1) is 16.3 Å². The van der Waals surface area contributed by atoms with Gasteiger partial charge >= 0.3 is 6.03 Å². The number of benzene rings is 3. The van der Waals surface area contributed by atoms with E-state index in [0.29, 0.717) is 36.4 Å². The van der Waals surface area contributed by atoms with Crippen molar-refractivity contribution in [1.82, 2.24) is 4.90 Å². The summed E-state index contributed by atoms with van der Waals surface area (Å²) in [6.07, 6.45) is 0.619. The summed E-state index contributed by atoms with van der Waals surface area (Å²) in [7, 11) is 0. The van der Waals surface area contributed by atoms with Gasteiger partial charge in [0, 0.05) is 43.4 Å². The van der Waals surface area contributed by atoms with E-state index in [2.05, 4.69) is 5.32 Å². The Morgan fingerprint density at radius 2 is 1.68 bits per heavy atom. The molecule has 1 N–H and O–H groups in total. The van der Waals surface area contributed by atoms with Gasteiger partial charge in [0.25, 0.3) is 11.6 Å². The van der Waals surface area contributed by atoms with E-state index in [0.717, 1.165) is 6.07 Å². The lowest BCUT2D eigenvalue weighted by Crippen LogP contribution is -2.49. The summed E-state index contributed by atoms with van der Waals surface area (Å²) in [5, 5.41) is 13.6. The van der Waals surface area contributed by atoms with Crippen LogP contribution in [0.15, 0.2) is 66.7 Å². The van der Waals surface area contributed by atoms with E-state index < -0.39 is 22.5 Å². The minimum Gasteiger partial charge on any atom is -0.320 e. The topological polar surface area (TPSA) is 95.8 Å². The predicted molar refractivity (Wildman–Crippen MR) is 122 cm³/mol. The van der Waals surface area contributed by atoms with Crippen LogP contribution in [0.3, 0.4) is 0 Å². The minimum atomic E-state index is -0.712. The summed E-state index contributed by atoms with van der Waals surface area (Å²) in [6.45, 7) is 0.864. The number of nitrogens with zero attached hydrogens (tertiary/aromatic N) is 3. The van der Waals surface area contributed by atoms with Crippen molar-refractivity contribution in [2.24, 2.45) is 0 Å². The van der Waals surface area contributed by atoms with Gasteiger partial charge in [-0.2, -0.15) is 0 Å². The van der Waals surface area contributed by atoms with Crippen LogP contribution in [0.4, 0.5) is 30.6 Å². The second-order valence-electron chi connectivity index (χ2n) is 7.76. The molecule has 1 aliphatic heterocycles. The third-order valence-electron chi connectivity index (χ3n) is 5.39. The second-order valence-corrected chi connectivity index (χ2v) is 7.76. The quantitative estimate of drug-likeness (QED) is 0.410. The van der Waals surface area contributed by atoms with Crippen molar-refractivity contribution in [2.45, 2.75) is 13.0 Å². The Hall–Kier alpha value is -4.34. The summed E-state index contributed by atoms with van der Waals surface area (Å²) in [5.74, 6) is -1.91. The lowest BCUT2D eigenvalue weighted by Gasteiger charge is -2.36. The molecule has 34 heavy (non-hydrogen) atoms. The number of hydrogen-bond acceptors (Lipinski definition) is 4. The molecule has 0 saturated carbocycles. The van der Waals surface area contributed by atoms with Crippen molar-refractivity contribution >= 4 is 29.0 Å². The minimum absolute atomic E-state index is 0.0430. The zero-order valence-electron chi connectivity index (χ0n) is 17.9. The fourth-order valence-corrected chi connectivity index (χ4v) is 3.82. The van der Waals surface area contributed by atoms with Crippen LogP contribution in [0.25, 0.3) is 0 Å². The fraction of sp³-hybridized carbons (Fsp3) is 0.167. The van der Waals surface area contributed by atoms with Crippen molar-refractivity contribution in [1.29, 1.82) is 0 Å². The third kappa shape index (κ3) is 5.01. The highest BCUT2D eigenvalue weighted by atomic mass is 19.1. The molecular weight excluding hydrogens is 446 g/mol. The molecular formula is C24H20F2N4O4. The van der Waals surface area contributed by atoms with Gasteiger partial charge in [-0.05, 0) is 48.4 Å². The molecule has 4 rings (SSSR count). The zero-order valence-corrected chi connectivity index (χ0v) is 17.9. The molecule has 0 aromatic heterocycles. The van der Waals surface area contributed by atoms with Gasteiger partial charge in [-0.3, -0.25) is 19.8 Å². The van der Waals surface area contributed by atoms with Crippen molar-refractivity contribution in [2.75, 3.05) is 23.3 Å². The Bertz CT molecular complexity index is 1230. The fourth-order valence-electron chi connectivity index (χ4n) is 3.82. The number of anilines is 2. The molecule has 1 heterocycles. The van der Waals surface area contributed by atoms with Gasteiger partial charge in [0.2, 0.25) is 0 Å². The molecule has 0 bridgehead atoms. The summed E-state index contributed by atoms with van der Waals surface area (Å²) >= 11 is 0. The first-order valence-electron chi connectivity index (χ1n) is 10.5. The lowest BCUT2D eigenvalue weighted by molar-refractivity contribution is -0.384. The second kappa shape index (κ2) is 9.65. The molecule has 174 valence electrons. The number of carbonyl (C=O) groups excluding carboxylic acids is 2. The molecule has 8 nitrogen and oxygen atoms in total. The maximum absolute atomic E-state index is 13.6. The Kier molecular flexibility index (Phi) is 6.48. The molecule has 0 atom stereocenters. The van der Waals surface area contributed by atoms with Crippen molar-refractivity contribution in [3.05, 3.63) is 99.6 Å². The van der Waals surface area contributed by atoms with E-state index in [-0.39, 0.29) is 23.8 Å². The molecule has 0 spiro atoms. The normalized spacial score (nSPS) is 13.6. The lowest BCUT2D eigenvalue weighted by atomic mass is 10.1. The van der Waals surface area contributed by atoms with Crippen molar-refractivity contribution in [3.8, 4) is 0 Å². The molecule has 3 aromatic rings. The van der Waals surface area contributed by atoms with Crippen LogP contribution in [-0.2, 0) is 6.54 Å². The Morgan fingerprint density at radius 3 is 2.35 bits per heavy atom. The monoisotopic (exact) mass is 466 g/mol. The number of amides is 3. The van der Waals surface area contributed by atoms with Crippen LogP contribution in [0.5, 0.6) is 0 Å². The van der Waals surface area contributed by atoms with Gasteiger partial charge in [0.15, 0.2) is 0 Å². The number of para-hydroxylation sites is 2. The summed E-state index contributed by atoms with van der Waals surface area (Å²) < 4.78 is 27.1. The standard InChI is InChI=1S/C24H20F2N4O4/c25-18-12-16(13-19(26)14-18)15-28-10-3-11-29(24(28)32)22-5-2-1-4-21(22)27-23(31)17-6-8-20(9-7-17)30(33)34/h1-2,4-9,12-14H,3,10-11,15H2,(H,27,31). The molecule has 1 fully saturated rings. The van der Waals surface area contributed by atoms with Crippen molar-refractivity contribution < 1.29 is 23.3 Å². The van der Waals surface area contributed by atoms with Crippen LogP contribution >= 0.6 is 0 Å². The van der Waals surface area contributed by atoms with Crippen molar-refractivity contribution in [3.63, 3.8) is 0 Å². The molecule has 0 aliphatic carbocycles. The number of nitro groups is 1. The van der Waals surface area contributed by atoms with E-state index in [4.69, 9.17) is 0 Å². The van der Waals surface area contributed by atoms with Crippen LogP contribution in [0.2, 0.25) is 0 Å². The Morgan fingerprint density at radius 1 is 1.00 bits per heavy atom. The number of non-ortho nitro benzene ring substituents is 1. The van der Waals surface area contributed by atoms with Gasteiger partial charge in [-0.15, -0.1) is 0 Å². The third-order valence-corrected chi connectivity index (χ3v) is 5.39. The largest absolute Gasteiger partial charge is 0.324 e. The summed E-state index contributed by atoms with van der Waals surface area (Å²) in [5.41, 5.74) is 1.29. The van der Waals surface area contributed by atoms with E-state index in [9.17, 15) is 28.5 Å². The van der Waals surface area contributed by atoms with Crippen LogP contribution < -0.4 is 10.2 Å². The maximum atomic E-state index is 13.6. The molecule has 10 heteroatoms. The van der Waals surface area contributed by atoms with E-state index in [1.54, 1.807) is 24.3 Å². The Labute approximate surface area is 193 Å². The zero-order chi connectivity index (χ0) is 24.2. The number of urea groups is 1. The van der Waals surface area contributed by atoms with E-state index in [1.165, 1.54) is 46.2 Å². The molecule has 1 aliphatic rings. The molecule has 0 radical (unpaired) electrons. The highest BCUT2D eigenvalue weighted by Gasteiger charge is 2.29. The highest BCUT2D eigenvalue weighted by molar-refractivity contribution is 6.07.